The van der Waals surface area contributed by atoms with Crippen LogP contribution in [-0.2, 0) is 0 Å². The minimum absolute atomic E-state index is 0.205. The van der Waals surface area contributed by atoms with Gasteiger partial charge in [0.2, 0.25) is 0 Å². The van der Waals surface area contributed by atoms with Crippen molar-refractivity contribution in [1.82, 2.24) is 5.32 Å². The molecule has 0 bridgehead atoms. The van der Waals surface area contributed by atoms with E-state index < -0.39 is 0 Å². The number of aliphatic hydroxyl groups is 1. The highest BCUT2D eigenvalue weighted by Crippen LogP contribution is 2.26. The zero-order valence-electron chi connectivity index (χ0n) is 7.98. The Morgan fingerprint density at radius 1 is 1.21 bits per heavy atom. The van der Waals surface area contributed by atoms with Crippen LogP contribution < -0.4 is 5.32 Å². The maximum absolute atomic E-state index is 9.77. The van der Waals surface area contributed by atoms with Gasteiger partial charge in [-0.05, 0) is 30.7 Å². The Kier molecular flexibility index (Phi) is 2.70. The smallest absolute Gasteiger partial charge is 0.115 e. The van der Waals surface area contributed by atoms with Crippen LogP contribution in [-0.4, -0.2) is 29.4 Å². The average Bonchev–Trinajstić information content (AvgIpc) is 2.20. The fourth-order valence-electron chi connectivity index (χ4n) is 1.95. The first-order valence-electron chi connectivity index (χ1n) is 4.95. The van der Waals surface area contributed by atoms with Crippen molar-refractivity contribution in [2.75, 3.05) is 13.1 Å². The van der Waals surface area contributed by atoms with Gasteiger partial charge in [0.1, 0.15) is 5.75 Å². The summed E-state index contributed by atoms with van der Waals surface area (Å²) in [7, 11) is 0. The van der Waals surface area contributed by atoms with Gasteiger partial charge in [0.25, 0.3) is 0 Å². The van der Waals surface area contributed by atoms with Crippen molar-refractivity contribution in [3.05, 3.63) is 29.8 Å². The molecule has 0 unspecified atom stereocenters. The van der Waals surface area contributed by atoms with Crippen molar-refractivity contribution < 1.29 is 10.2 Å². The molecule has 2 rings (SSSR count). The Bertz CT molecular complexity index is 297. The lowest BCUT2D eigenvalue weighted by molar-refractivity contribution is 0.118. The summed E-state index contributed by atoms with van der Waals surface area (Å²) >= 11 is 0. The van der Waals surface area contributed by atoms with Gasteiger partial charge >= 0.3 is 0 Å². The van der Waals surface area contributed by atoms with Crippen molar-refractivity contribution in [2.45, 2.75) is 18.4 Å². The molecule has 1 heterocycles. The molecule has 1 saturated heterocycles. The molecular weight excluding hydrogens is 178 g/mol. The summed E-state index contributed by atoms with van der Waals surface area (Å²) in [5.74, 6) is 0.481. The van der Waals surface area contributed by atoms with Gasteiger partial charge in [0.05, 0.1) is 6.10 Å². The van der Waals surface area contributed by atoms with E-state index in [9.17, 15) is 5.11 Å². The van der Waals surface area contributed by atoms with Crippen LogP contribution in [0.4, 0.5) is 0 Å². The molecule has 0 radical (unpaired) electrons. The van der Waals surface area contributed by atoms with Crippen molar-refractivity contribution in [3.8, 4) is 5.75 Å². The van der Waals surface area contributed by atoms with Gasteiger partial charge < -0.3 is 15.5 Å². The molecule has 1 aliphatic heterocycles. The van der Waals surface area contributed by atoms with Crippen LogP contribution in [0, 0.1) is 0 Å². The fourth-order valence-corrected chi connectivity index (χ4v) is 1.95. The number of nitrogens with one attached hydrogen (secondary N) is 1. The van der Waals surface area contributed by atoms with Crippen molar-refractivity contribution in [2.24, 2.45) is 0 Å². The second-order valence-corrected chi connectivity index (χ2v) is 3.76. The minimum atomic E-state index is -0.312. The average molecular weight is 193 g/mol. The van der Waals surface area contributed by atoms with Gasteiger partial charge in [0.15, 0.2) is 0 Å². The molecule has 3 N–H and O–H groups in total. The Labute approximate surface area is 83.4 Å². The number of hydrogen-bond donors (Lipinski definition) is 3. The van der Waals surface area contributed by atoms with Crippen LogP contribution in [0.5, 0.6) is 5.75 Å². The van der Waals surface area contributed by atoms with Gasteiger partial charge in [-0.1, -0.05) is 12.1 Å². The molecule has 3 heteroatoms. The summed E-state index contributed by atoms with van der Waals surface area (Å²) in [6.45, 7) is 1.61. The SMILES string of the molecule is Oc1ccc([C@@H]2CCNC[C@H]2O)cc1. The second-order valence-electron chi connectivity index (χ2n) is 3.76. The number of rotatable bonds is 1. The maximum Gasteiger partial charge on any atom is 0.115 e. The van der Waals surface area contributed by atoms with E-state index >= 15 is 0 Å². The molecule has 2 atom stereocenters. The van der Waals surface area contributed by atoms with Crippen LogP contribution in [0.25, 0.3) is 0 Å². The maximum atomic E-state index is 9.77. The van der Waals surface area contributed by atoms with Crippen LogP contribution in [0.3, 0.4) is 0 Å². The summed E-state index contributed by atoms with van der Waals surface area (Å²) in [6, 6.07) is 7.11. The highest BCUT2D eigenvalue weighted by molar-refractivity contribution is 5.29. The van der Waals surface area contributed by atoms with Gasteiger partial charge in [0, 0.05) is 12.5 Å². The molecular formula is C11H15NO2. The minimum Gasteiger partial charge on any atom is -0.508 e. The normalized spacial score (nSPS) is 27.5. The first-order chi connectivity index (χ1) is 6.77. The summed E-state index contributed by atoms with van der Waals surface area (Å²) in [4.78, 5) is 0. The number of hydrogen-bond acceptors (Lipinski definition) is 3. The molecule has 0 aliphatic carbocycles. The quantitative estimate of drug-likeness (QED) is 0.619. The standard InChI is InChI=1S/C11H15NO2/c13-9-3-1-8(2-4-9)10-5-6-12-7-11(10)14/h1-4,10-14H,5-7H2/t10-,11+/m0/s1. The third-order valence-corrected chi connectivity index (χ3v) is 2.77. The largest absolute Gasteiger partial charge is 0.508 e. The predicted octanol–water partition coefficient (Wildman–Crippen LogP) is 0.830. The van der Waals surface area contributed by atoms with Gasteiger partial charge in [-0.25, -0.2) is 0 Å². The first-order valence-corrected chi connectivity index (χ1v) is 4.95. The summed E-state index contributed by atoms with van der Waals surface area (Å²) in [5, 5.41) is 22.1. The van der Waals surface area contributed by atoms with Crippen LogP contribution in [0.15, 0.2) is 24.3 Å². The Balaban J connectivity index is 2.16. The molecule has 0 saturated carbocycles. The number of benzene rings is 1. The van der Waals surface area contributed by atoms with E-state index in [0.29, 0.717) is 6.54 Å². The van der Waals surface area contributed by atoms with E-state index in [-0.39, 0.29) is 17.8 Å². The van der Waals surface area contributed by atoms with E-state index in [1.807, 2.05) is 12.1 Å². The van der Waals surface area contributed by atoms with Gasteiger partial charge in [-0.15, -0.1) is 0 Å². The van der Waals surface area contributed by atoms with Crippen molar-refractivity contribution in [1.29, 1.82) is 0 Å². The summed E-state index contributed by atoms with van der Waals surface area (Å²) in [6.07, 6.45) is 0.639. The molecule has 0 aromatic heterocycles. The van der Waals surface area contributed by atoms with Crippen LogP contribution >= 0.6 is 0 Å². The zero-order chi connectivity index (χ0) is 9.97. The topological polar surface area (TPSA) is 52.5 Å². The van der Waals surface area contributed by atoms with E-state index in [1.165, 1.54) is 0 Å². The molecule has 1 aliphatic rings. The molecule has 14 heavy (non-hydrogen) atoms. The monoisotopic (exact) mass is 193 g/mol. The number of aliphatic hydroxyl groups excluding tert-OH is 1. The highest BCUT2D eigenvalue weighted by Gasteiger charge is 2.23. The number of piperidine rings is 1. The van der Waals surface area contributed by atoms with Gasteiger partial charge in [-0.3, -0.25) is 0 Å². The summed E-state index contributed by atoms with van der Waals surface area (Å²) in [5.41, 5.74) is 1.11. The first kappa shape index (κ1) is 9.49. The zero-order valence-corrected chi connectivity index (χ0v) is 7.98. The molecule has 76 valence electrons. The number of phenolic OH excluding ortho intramolecular Hbond substituents is 1. The molecule has 0 amide bonds. The Morgan fingerprint density at radius 2 is 1.93 bits per heavy atom. The Morgan fingerprint density at radius 3 is 2.57 bits per heavy atom. The second kappa shape index (κ2) is 3.98. The van der Waals surface area contributed by atoms with Crippen molar-refractivity contribution in [3.63, 3.8) is 0 Å². The molecule has 1 aromatic carbocycles. The van der Waals surface area contributed by atoms with E-state index in [4.69, 9.17) is 5.11 Å². The predicted molar refractivity (Wildman–Crippen MR) is 54.3 cm³/mol. The lowest BCUT2D eigenvalue weighted by Crippen LogP contribution is -2.39. The molecule has 3 nitrogen and oxygen atoms in total. The number of β-amino-alcohol motifs (C(OH)–C–C–N with tert-alkyl or cyclic N) is 1. The lowest BCUT2D eigenvalue weighted by atomic mass is 9.88. The van der Waals surface area contributed by atoms with Gasteiger partial charge in [-0.2, -0.15) is 0 Å². The molecule has 1 fully saturated rings. The summed E-state index contributed by atoms with van der Waals surface area (Å²) < 4.78 is 0. The lowest BCUT2D eigenvalue weighted by Gasteiger charge is -2.28. The number of aromatic hydroxyl groups is 1. The van der Waals surface area contributed by atoms with Crippen molar-refractivity contribution >= 4 is 0 Å². The van der Waals surface area contributed by atoms with E-state index in [2.05, 4.69) is 5.32 Å². The van der Waals surface area contributed by atoms with Crippen LogP contribution in [0.2, 0.25) is 0 Å². The van der Waals surface area contributed by atoms with E-state index in [0.717, 1.165) is 18.5 Å². The van der Waals surface area contributed by atoms with E-state index in [1.54, 1.807) is 12.1 Å². The fraction of sp³-hybridized carbons (Fsp3) is 0.455. The molecule has 0 spiro atoms. The number of phenols is 1. The third-order valence-electron chi connectivity index (χ3n) is 2.77. The highest BCUT2D eigenvalue weighted by atomic mass is 16.3. The Hall–Kier alpha value is -1.06. The molecule has 1 aromatic rings. The third kappa shape index (κ3) is 1.89. The van der Waals surface area contributed by atoms with Crippen LogP contribution in [0.1, 0.15) is 17.9 Å².